The van der Waals surface area contributed by atoms with Gasteiger partial charge < -0.3 is 9.64 Å². The number of nitrogens with one attached hydrogen (secondary N) is 2. The summed E-state index contributed by atoms with van der Waals surface area (Å²) in [5.74, 6) is 0.132. The van der Waals surface area contributed by atoms with E-state index in [2.05, 4.69) is 15.0 Å². The SMILES string of the molecule is Cn1cc(-c2cc(F)c(=N)n(C(=N)Sc3ccc4ncc5c(c4c3)OCC3CCCN53)c2)cn1. The van der Waals surface area contributed by atoms with Crippen molar-refractivity contribution in [2.45, 2.75) is 23.8 Å². The first-order chi connectivity index (χ1) is 16.5. The molecular formula is C24H22FN7OS. The zero-order valence-electron chi connectivity index (χ0n) is 18.5. The van der Waals surface area contributed by atoms with E-state index < -0.39 is 5.82 Å². The molecule has 1 unspecified atom stereocenters. The summed E-state index contributed by atoms with van der Waals surface area (Å²) in [5, 5.41) is 21.8. The predicted molar refractivity (Wildman–Crippen MR) is 129 cm³/mol. The second-order valence-electron chi connectivity index (χ2n) is 8.56. The number of anilines is 1. The number of aromatic nitrogens is 4. The highest BCUT2D eigenvalue weighted by molar-refractivity contribution is 8.13. The zero-order chi connectivity index (χ0) is 23.4. The fourth-order valence-corrected chi connectivity index (χ4v) is 5.45. The third kappa shape index (κ3) is 3.45. The van der Waals surface area contributed by atoms with Crippen molar-refractivity contribution in [3.8, 4) is 16.9 Å². The van der Waals surface area contributed by atoms with Gasteiger partial charge in [0.05, 0.1) is 29.6 Å². The highest BCUT2D eigenvalue weighted by Crippen LogP contribution is 2.42. The number of thioether (sulfide) groups is 1. The molecule has 4 aromatic rings. The van der Waals surface area contributed by atoms with Gasteiger partial charge in [0.1, 0.15) is 6.61 Å². The molecule has 0 bridgehead atoms. The summed E-state index contributed by atoms with van der Waals surface area (Å²) < 4.78 is 23.6. The van der Waals surface area contributed by atoms with Crippen LogP contribution in [0.5, 0.6) is 5.75 Å². The topological polar surface area (TPSA) is 95.8 Å². The highest BCUT2D eigenvalue weighted by Gasteiger charge is 2.32. The Balaban J connectivity index is 1.35. The van der Waals surface area contributed by atoms with Crippen molar-refractivity contribution in [1.29, 1.82) is 10.8 Å². The third-order valence-electron chi connectivity index (χ3n) is 6.37. The van der Waals surface area contributed by atoms with Crippen LogP contribution in [0.1, 0.15) is 12.8 Å². The Kier molecular flexibility index (Phi) is 4.91. The lowest BCUT2D eigenvalue weighted by molar-refractivity contribution is 0.275. The molecule has 2 aliphatic heterocycles. The third-order valence-corrected chi connectivity index (χ3v) is 7.25. The number of pyridine rings is 2. The minimum atomic E-state index is -0.697. The van der Waals surface area contributed by atoms with Gasteiger partial charge in [-0.1, -0.05) is 11.8 Å². The Bertz CT molecular complexity index is 1510. The molecule has 0 amide bonds. The molecule has 10 heteroatoms. The van der Waals surface area contributed by atoms with Gasteiger partial charge in [-0.15, -0.1) is 0 Å². The molecule has 0 aliphatic carbocycles. The molecule has 2 aliphatic rings. The Morgan fingerprint density at radius 2 is 2.09 bits per heavy atom. The molecule has 8 nitrogen and oxygen atoms in total. The number of ether oxygens (including phenoxy) is 1. The Labute approximate surface area is 199 Å². The van der Waals surface area contributed by atoms with Gasteiger partial charge >= 0.3 is 0 Å². The van der Waals surface area contributed by atoms with Crippen LogP contribution >= 0.6 is 11.8 Å². The van der Waals surface area contributed by atoms with E-state index in [9.17, 15) is 4.39 Å². The van der Waals surface area contributed by atoms with Crippen LogP contribution in [0.4, 0.5) is 10.1 Å². The van der Waals surface area contributed by atoms with Crippen LogP contribution in [0.25, 0.3) is 22.0 Å². The summed E-state index contributed by atoms with van der Waals surface area (Å²) in [6, 6.07) is 7.45. The van der Waals surface area contributed by atoms with Gasteiger partial charge in [-0.05, 0) is 37.1 Å². The monoisotopic (exact) mass is 475 g/mol. The van der Waals surface area contributed by atoms with Crippen molar-refractivity contribution in [1.82, 2.24) is 19.3 Å². The standard InChI is InChI=1S/C24H22FN7OS/c1-30-11-15(9-29-30)14-7-19(25)23(26)32(12-14)24(27)34-17-4-5-20-18(8-17)22-21(10-28-20)31-6-2-3-16(31)13-33-22/h4-5,7-12,16,26-27H,2-3,6,13H2,1H3. The van der Waals surface area contributed by atoms with E-state index in [1.54, 1.807) is 30.3 Å². The number of aryl methyl sites for hydroxylation is 1. The molecule has 5 heterocycles. The van der Waals surface area contributed by atoms with Crippen molar-refractivity contribution < 1.29 is 9.13 Å². The van der Waals surface area contributed by atoms with Crippen molar-refractivity contribution in [2.24, 2.45) is 7.05 Å². The molecular weight excluding hydrogens is 453 g/mol. The molecule has 0 radical (unpaired) electrons. The lowest BCUT2D eigenvalue weighted by atomic mass is 10.1. The maximum absolute atomic E-state index is 14.6. The van der Waals surface area contributed by atoms with Crippen LogP contribution in [-0.4, -0.2) is 43.7 Å². The summed E-state index contributed by atoms with van der Waals surface area (Å²) >= 11 is 1.16. The van der Waals surface area contributed by atoms with E-state index in [4.69, 9.17) is 15.6 Å². The lowest BCUT2D eigenvalue weighted by Gasteiger charge is -2.33. The average molecular weight is 476 g/mol. The fourth-order valence-electron chi connectivity index (χ4n) is 4.67. The van der Waals surface area contributed by atoms with Crippen LogP contribution in [0.3, 0.4) is 0 Å². The zero-order valence-corrected chi connectivity index (χ0v) is 19.3. The number of rotatable bonds is 2. The van der Waals surface area contributed by atoms with Gasteiger partial charge in [0.2, 0.25) is 0 Å². The van der Waals surface area contributed by atoms with Crippen molar-refractivity contribution in [3.05, 3.63) is 60.4 Å². The first-order valence-electron chi connectivity index (χ1n) is 11.0. The number of hydrogen-bond acceptors (Lipinski definition) is 7. The predicted octanol–water partition coefficient (Wildman–Crippen LogP) is 3.99. The van der Waals surface area contributed by atoms with Gasteiger partial charge in [-0.2, -0.15) is 5.10 Å². The van der Waals surface area contributed by atoms with Crippen LogP contribution in [0, 0.1) is 16.6 Å². The second kappa shape index (κ2) is 7.98. The van der Waals surface area contributed by atoms with E-state index in [1.165, 1.54) is 10.6 Å². The van der Waals surface area contributed by atoms with Gasteiger partial charge in [0.25, 0.3) is 0 Å². The van der Waals surface area contributed by atoms with Gasteiger partial charge in [-0.3, -0.25) is 25.1 Å². The maximum atomic E-state index is 14.6. The first kappa shape index (κ1) is 20.9. The van der Waals surface area contributed by atoms with E-state index >= 15 is 0 Å². The summed E-state index contributed by atoms with van der Waals surface area (Å²) in [6.45, 7) is 1.67. The molecule has 34 heavy (non-hydrogen) atoms. The molecule has 3 aromatic heterocycles. The second-order valence-corrected chi connectivity index (χ2v) is 9.62. The molecule has 1 fully saturated rings. The highest BCUT2D eigenvalue weighted by atomic mass is 32.2. The number of hydrogen-bond donors (Lipinski definition) is 2. The van der Waals surface area contributed by atoms with Crippen LogP contribution in [0.15, 0.2) is 53.9 Å². The molecule has 1 atom stereocenters. The molecule has 2 N–H and O–H groups in total. The van der Waals surface area contributed by atoms with E-state index in [-0.39, 0.29) is 10.7 Å². The Hall–Kier alpha value is -3.66. The summed E-state index contributed by atoms with van der Waals surface area (Å²) in [4.78, 5) is 7.80. The normalized spacial score (nSPS) is 16.9. The van der Waals surface area contributed by atoms with Crippen molar-refractivity contribution >= 4 is 33.5 Å². The smallest absolute Gasteiger partial charge is 0.171 e. The minimum absolute atomic E-state index is 0.0206. The van der Waals surface area contributed by atoms with E-state index in [1.807, 2.05) is 24.4 Å². The van der Waals surface area contributed by atoms with Gasteiger partial charge in [0.15, 0.2) is 22.2 Å². The van der Waals surface area contributed by atoms with Crippen LogP contribution < -0.4 is 15.1 Å². The van der Waals surface area contributed by atoms with Crippen LogP contribution in [-0.2, 0) is 7.05 Å². The molecule has 0 saturated carbocycles. The largest absolute Gasteiger partial charge is 0.488 e. The summed E-state index contributed by atoms with van der Waals surface area (Å²) in [6.07, 6.45) is 9.16. The molecule has 6 rings (SSSR count). The molecule has 1 saturated heterocycles. The average Bonchev–Trinajstić information content (AvgIpc) is 3.49. The lowest BCUT2D eigenvalue weighted by Crippen LogP contribution is -2.38. The van der Waals surface area contributed by atoms with Crippen molar-refractivity contribution in [2.75, 3.05) is 18.1 Å². The molecule has 172 valence electrons. The summed E-state index contributed by atoms with van der Waals surface area (Å²) in [7, 11) is 1.78. The van der Waals surface area contributed by atoms with Crippen molar-refractivity contribution in [3.63, 3.8) is 0 Å². The van der Waals surface area contributed by atoms with Gasteiger partial charge in [-0.25, -0.2) is 4.39 Å². The molecule has 1 aromatic carbocycles. The maximum Gasteiger partial charge on any atom is 0.171 e. The number of fused-ring (bicyclic) bond motifs is 5. The fraction of sp³-hybridized carbons (Fsp3) is 0.250. The quantitative estimate of drug-likeness (QED) is 0.260. The van der Waals surface area contributed by atoms with Crippen LogP contribution in [0.2, 0.25) is 0 Å². The Morgan fingerprint density at radius 3 is 2.91 bits per heavy atom. The Morgan fingerprint density at radius 1 is 1.21 bits per heavy atom. The number of nitrogens with zero attached hydrogens (tertiary/aromatic N) is 5. The minimum Gasteiger partial charge on any atom is -0.488 e. The number of benzene rings is 1. The first-order valence-corrected chi connectivity index (χ1v) is 11.8. The molecule has 0 spiro atoms. The van der Waals surface area contributed by atoms with E-state index in [0.29, 0.717) is 23.8 Å². The van der Waals surface area contributed by atoms with E-state index in [0.717, 1.165) is 58.4 Å². The van der Waals surface area contributed by atoms with Gasteiger partial charge in [0, 0.05) is 47.4 Å². The number of halogens is 1. The summed E-state index contributed by atoms with van der Waals surface area (Å²) in [5.41, 5.74) is 2.75.